The molecule has 5 heteroatoms. The van der Waals surface area contributed by atoms with Gasteiger partial charge in [-0.3, -0.25) is 14.7 Å². The summed E-state index contributed by atoms with van der Waals surface area (Å²) in [6.07, 6.45) is 1.04. The van der Waals surface area contributed by atoms with Crippen molar-refractivity contribution in [2.75, 3.05) is 39.8 Å². The number of nitrogens with one attached hydrogen (secondary N) is 1. The Hall–Kier alpha value is -1.46. The Balaban J connectivity index is 1.84. The van der Waals surface area contributed by atoms with Crippen molar-refractivity contribution in [2.45, 2.75) is 19.9 Å². The fourth-order valence-corrected chi connectivity index (χ4v) is 2.45. The number of aromatic nitrogens is 1. The van der Waals surface area contributed by atoms with E-state index >= 15 is 0 Å². The Morgan fingerprint density at radius 2 is 2.25 bits per heavy atom. The van der Waals surface area contributed by atoms with Crippen molar-refractivity contribution in [3.63, 3.8) is 0 Å². The Bertz CT molecular complexity index is 441. The van der Waals surface area contributed by atoms with Crippen LogP contribution in [0.1, 0.15) is 17.8 Å². The standard InChI is InChI=1S/C15H24N4O/c1-13-5-3-6-14(17-13)11-18(2)12-15(20)19-9-4-7-16-8-10-19/h3,5-6,16H,4,7-12H2,1-2H3. The molecule has 1 saturated heterocycles. The molecule has 0 atom stereocenters. The van der Waals surface area contributed by atoms with Crippen LogP contribution in [0, 0.1) is 6.92 Å². The summed E-state index contributed by atoms with van der Waals surface area (Å²) in [4.78, 5) is 20.7. The first-order valence-corrected chi connectivity index (χ1v) is 7.25. The average molecular weight is 276 g/mol. The number of amides is 1. The molecule has 0 bridgehead atoms. The van der Waals surface area contributed by atoms with Crippen molar-refractivity contribution >= 4 is 5.91 Å². The Kier molecular flexibility index (Phi) is 5.49. The molecule has 1 amide bonds. The lowest BCUT2D eigenvalue weighted by Gasteiger charge is -2.23. The van der Waals surface area contributed by atoms with Gasteiger partial charge in [-0.05, 0) is 39.1 Å². The first-order valence-electron chi connectivity index (χ1n) is 7.25. The van der Waals surface area contributed by atoms with Crippen molar-refractivity contribution in [2.24, 2.45) is 0 Å². The van der Waals surface area contributed by atoms with E-state index in [0.717, 1.165) is 44.0 Å². The lowest BCUT2D eigenvalue weighted by Crippen LogP contribution is -2.40. The van der Waals surface area contributed by atoms with Gasteiger partial charge in [0.05, 0.1) is 12.2 Å². The molecule has 2 rings (SSSR count). The van der Waals surface area contributed by atoms with Crippen molar-refractivity contribution in [3.05, 3.63) is 29.6 Å². The summed E-state index contributed by atoms with van der Waals surface area (Å²) >= 11 is 0. The van der Waals surface area contributed by atoms with E-state index < -0.39 is 0 Å². The minimum absolute atomic E-state index is 0.212. The van der Waals surface area contributed by atoms with Crippen LogP contribution in [-0.2, 0) is 11.3 Å². The van der Waals surface area contributed by atoms with Crippen LogP contribution in [0.25, 0.3) is 0 Å². The van der Waals surface area contributed by atoms with E-state index in [9.17, 15) is 4.79 Å². The summed E-state index contributed by atoms with van der Waals surface area (Å²) in [5, 5.41) is 3.31. The quantitative estimate of drug-likeness (QED) is 0.877. The van der Waals surface area contributed by atoms with E-state index in [2.05, 4.69) is 10.3 Å². The van der Waals surface area contributed by atoms with Crippen LogP contribution in [0.5, 0.6) is 0 Å². The smallest absolute Gasteiger partial charge is 0.236 e. The second kappa shape index (κ2) is 7.36. The van der Waals surface area contributed by atoms with Gasteiger partial charge in [-0.15, -0.1) is 0 Å². The van der Waals surface area contributed by atoms with Gasteiger partial charge in [0.1, 0.15) is 0 Å². The third kappa shape index (κ3) is 4.58. The number of pyridine rings is 1. The van der Waals surface area contributed by atoms with Crippen LogP contribution >= 0.6 is 0 Å². The van der Waals surface area contributed by atoms with Crippen molar-refractivity contribution < 1.29 is 4.79 Å². The molecular formula is C15H24N4O. The number of carbonyl (C=O) groups excluding carboxylic acids is 1. The van der Waals surface area contributed by atoms with E-state index in [-0.39, 0.29) is 5.91 Å². The van der Waals surface area contributed by atoms with E-state index in [1.807, 2.05) is 42.0 Å². The summed E-state index contributed by atoms with van der Waals surface area (Å²) < 4.78 is 0. The highest BCUT2D eigenvalue weighted by molar-refractivity contribution is 5.78. The number of hydrogen-bond donors (Lipinski definition) is 1. The number of nitrogens with zero attached hydrogens (tertiary/aromatic N) is 3. The maximum atomic E-state index is 12.3. The zero-order chi connectivity index (χ0) is 14.4. The van der Waals surface area contributed by atoms with Crippen LogP contribution in [0.15, 0.2) is 18.2 Å². The first-order chi connectivity index (χ1) is 9.65. The molecule has 5 nitrogen and oxygen atoms in total. The van der Waals surface area contributed by atoms with Crippen LogP contribution in [0.4, 0.5) is 0 Å². The molecular weight excluding hydrogens is 252 g/mol. The van der Waals surface area contributed by atoms with Crippen LogP contribution in [0.2, 0.25) is 0 Å². The topological polar surface area (TPSA) is 48.5 Å². The second-order valence-corrected chi connectivity index (χ2v) is 5.43. The molecule has 0 radical (unpaired) electrons. The SMILES string of the molecule is Cc1cccc(CN(C)CC(=O)N2CCCNCC2)n1. The van der Waals surface area contributed by atoms with Crippen LogP contribution < -0.4 is 5.32 Å². The van der Waals surface area contributed by atoms with Gasteiger partial charge in [-0.25, -0.2) is 0 Å². The van der Waals surface area contributed by atoms with Crippen molar-refractivity contribution in [1.29, 1.82) is 0 Å². The fourth-order valence-electron chi connectivity index (χ4n) is 2.45. The Morgan fingerprint density at radius 3 is 3.05 bits per heavy atom. The molecule has 0 saturated carbocycles. The molecule has 1 aromatic rings. The van der Waals surface area contributed by atoms with Gasteiger partial charge in [-0.1, -0.05) is 6.07 Å². The van der Waals surface area contributed by atoms with Gasteiger partial charge in [0.15, 0.2) is 0 Å². The van der Waals surface area contributed by atoms with Gasteiger partial charge in [-0.2, -0.15) is 0 Å². The molecule has 0 unspecified atom stereocenters. The van der Waals surface area contributed by atoms with Crippen molar-refractivity contribution in [1.82, 2.24) is 20.1 Å². The predicted octanol–water partition coefficient (Wildman–Crippen LogP) is 0.644. The number of hydrogen-bond acceptors (Lipinski definition) is 4. The lowest BCUT2D eigenvalue weighted by molar-refractivity contribution is -0.132. The zero-order valence-corrected chi connectivity index (χ0v) is 12.4. The zero-order valence-electron chi connectivity index (χ0n) is 12.4. The molecule has 1 aliphatic rings. The molecule has 1 fully saturated rings. The fraction of sp³-hybridized carbons (Fsp3) is 0.600. The molecule has 2 heterocycles. The summed E-state index contributed by atoms with van der Waals surface area (Å²) in [5.41, 5.74) is 2.03. The minimum atomic E-state index is 0.212. The lowest BCUT2D eigenvalue weighted by atomic mass is 10.3. The molecule has 20 heavy (non-hydrogen) atoms. The third-order valence-electron chi connectivity index (χ3n) is 3.48. The van der Waals surface area contributed by atoms with E-state index in [4.69, 9.17) is 0 Å². The number of carbonyl (C=O) groups is 1. The molecule has 1 aromatic heterocycles. The minimum Gasteiger partial charge on any atom is -0.340 e. The normalized spacial score (nSPS) is 16.2. The Labute approximate surface area is 121 Å². The van der Waals surface area contributed by atoms with Gasteiger partial charge in [0.2, 0.25) is 5.91 Å². The molecule has 110 valence electrons. The van der Waals surface area contributed by atoms with Gasteiger partial charge >= 0.3 is 0 Å². The summed E-state index contributed by atoms with van der Waals surface area (Å²) in [6.45, 7) is 6.73. The Morgan fingerprint density at radius 1 is 1.40 bits per heavy atom. The highest BCUT2D eigenvalue weighted by atomic mass is 16.2. The third-order valence-corrected chi connectivity index (χ3v) is 3.48. The highest BCUT2D eigenvalue weighted by Crippen LogP contribution is 2.03. The van der Waals surface area contributed by atoms with Crippen molar-refractivity contribution in [3.8, 4) is 0 Å². The van der Waals surface area contributed by atoms with Gasteiger partial charge < -0.3 is 10.2 Å². The molecule has 1 N–H and O–H groups in total. The summed E-state index contributed by atoms with van der Waals surface area (Å²) in [7, 11) is 1.97. The molecule has 0 aliphatic carbocycles. The maximum absolute atomic E-state index is 12.3. The summed E-state index contributed by atoms with van der Waals surface area (Å²) in [6, 6.07) is 6.00. The maximum Gasteiger partial charge on any atom is 0.236 e. The monoisotopic (exact) mass is 276 g/mol. The molecule has 0 spiro atoms. The largest absolute Gasteiger partial charge is 0.340 e. The number of likely N-dealkylation sites (N-methyl/N-ethyl adjacent to an activating group) is 1. The van der Waals surface area contributed by atoms with E-state index in [1.54, 1.807) is 0 Å². The van der Waals surface area contributed by atoms with Crippen LogP contribution in [-0.4, -0.2) is 60.5 Å². The first kappa shape index (κ1) is 14.9. The summed E-state index contributed by atoms with van der Waals surface area (Å²) in [5.74, 6) is 0.212. The van der Waals surface area contributed by atoms with Gasteiger partial charge in [0.25, 0.3) is 0 Å². The van der Waals surface area contributed by atoms with E-state index in [0.29, 0.717) is 13.1 Å². The second-order valence-electron chi connectivity index (χ2n) is 5.43. The number of rotatable bonds is 4. The molecule has 1 aliphatic heterocycles. The molecule has 0 aromatic carbocycles. The number of aryl methyl sites for hydroxylation is 1. The van der Waals surface area contributed by atoms with Crippen LogP contribution in [0.3, 0.4) is 0 Å². The average Bonchev–Trinajstić information content (AvgIpc) is 2.67. The highest BCUT2D eigenvalue weighted by Gasteiger charge is 2.16. The predicted molar refractivity (Wildman–Crippen MR) is 79.4 cm³/mol. The van der Waals surface area contributed by atoms with E-state index in [1.165, 1.54) is 0 Å². The van der Waals surface area contributed by atoms with Gasteiger partial charge in [0, 0.05) is 31.9 Å².